The van der Waals surface area contributed by atoms with Crippen LogP contribution < -0.4 is 10.9 Å². The van der Waals surface area contributed by atoms with Crippen molar-refractivity contribution in [3.05, 3.63) is 55.9 Å². The third-order valence-corrected chi connectivity index (χ3v) is 4.28. The molecule has 0 radical (unpaired) electrons. The molecule has 0 unspecified atom stereocenters. The highest BCUT2D eigenvalue weighted by Gasteiger charge is 2.06. The maximum atomic E-state index is 11.7. The van der Waals surface area contributed by atoms with E-state index < -0.39 is 5.91 Å². The van der Waals surface area contributed by atoms with E-state index in [1.54, 1.807) is 36.4 Å². The van der Waals surface area contributed by atoms with Crippen LogP contribution in [0.25, 0.3) is 0 Å². The molecule has 120 valence electrons. The number of aliphatic imine (C=N–C) groups is 1. The molecule has 0 fully saturated rings. The molecule has 2 aromatic rings. The Labute approximate surface area is 155 Å². The molecule has 0 aliphatic heterocycles. The van der Waals surface area contributed by atoms with Crippen LogP contribution >= 0.6 is 43.5 Å². The summed E-state index contributed by atoms with van der Waals surface area (Å²) in [4.78, 5) is 15.7. The monoisotopic (exact) mass is 459 g/mol. The number of benzene rings is 2. The van der Waals surface area contributed by atoms with Gasteiger partial charge in [0.25, 0.3) is 5.91 Å². The van der Waals surface area contributed by atoms with Gasteiger partial charge in [-0.2, -0.15) is 0 Å². The molecule has 0 aliphatic carbocycles. The first-order valence-electron chi connectivity index (χ1n) is 6.45. The number of phenols is 1. The lowest BCUT2D eigenvalue weighted by molar-refractivity contribution is -0.115. The molecule has 0 spiro atoms. The van der Waals surface area contributed by atoms with Crippen molar-refractivity contribution in [2.24, 2.45) is 4.99 Å². The molecule has 0 aliphatic rings. The Kier molecular flexibility index (Phi) is 6.59. The number of hydrazine groups is 1. The second-order valence-electron chi connectivity index (χ2n) is 4.46. The molecule has 5 nitrogen and oxygen atoms in total. The Bertz CT molecular complexity index is 730. The fourth-order valence-corrected chi connectivity index (χ4v) is 3.14. The normalized spacial score (nSPS) is 10.9. The van der Waals surface area contributed by atoms with E-state index in [0.717, 1.165) is 11.8 Å². The van der Waals surface area contributed by atoms with Gasteiger partial charge in [0.15, 0.2) is 0 Å². The van der Waals surface area contributed by atoms with Crippen LogP contribution in [-0.2, 0) is 11.3 Å². The van der Waals surface area contributed by atoms with Gasteiger partial charge >= 0.3 is 0 Å². The average molecular weight is 462 g/mol. The van der Waals surface area contributed by atoms with Gasteiger partial charge in [0.05, 0.1) is 25.9 Å². The molecule has 0 saturated heterocycles. The number of amides is 1. The summed E-state index contributed by atoms with van der Waals surface area (Å²) in [6, 6.07) is 10.5. The van der Waals surface area contributed by atoms with Crippen LogP contribution in [0.1, 0.15) is 5.56 Å². The van der Waals surface area contributed by atoms with Crippen molar-refractivity contribution in [3.8, 4) is 5.75 Å². The van der Waals surface area contributed by atoms with E-state index >= 15 is 0 Å². The van der Waals surface area contributed by atoms with Crippen molar-refractivity contribution < 1.29 is 9.90 Å². The summed E-state index contributed by atoms with van der Waals surface area (Å²) < 4.78 is 1.13. The SMILES string of the molecule is O=C(C=Nc1ccccc1Cl)NNCc1cc(Br)c(O)c(Br)c1. The summed E-state index contributed by atoms with van der Waals surface area (Å²) in [6.07, 6.45) is 1.15. The zero-order chi connectivity index (χ0) is 16.8. The summed E-state index contributed by atoms with van der Waals surface area (Å²) in [5, 5.41) is 10.1. The first-order chi connectivity index (χ1) is 11.0. The number of halogens is 3. The molecular weight excluding hydrogens is 449 g/mol. The van der Waals surface area contributed by atoms with Crippen LogP contribution in [0.5, 0.6) is 5.75 Å². The number of phenolic OH excluding ortho intramolecular Hbond substituents is 1. The lowest BCUT2D eigenvalue weighted by atomic mass is 10.2. The Hall–Kier alpha value is -1.41. The topological polar surface area (TPSA) is 73.7 Å². The fourth-order valence-electron chi connectivity index (χ4n) is 1.67. The number of carbonyl (C=O) groups excluding carboxylic acids is 1. The maximum absolute atomic E-state index is 11.7. The Morgan fingerprint density at radius 1 is 1.26 bits per heavy atom. The number of nitrogens with one attached hydrogen (secondary N) is 2. The third kappa shape index (κ3) is 5.31. The molecule has 0 heterocycles. The minimum atomic E-state index is -0.401. The number of para-hydroxylation sites is 1. The molecule has 0 bridgehead atoms. The van der Waals surface area contributed by atoms with E-state index in [0.29, 0.717) is 26.2 Å². The van der Waals surface area contributed by atoms with E-state index in [2.05, 4.69) is 47.7 Å². The highest BCUT2D eigenvalue weighted by Crippen LogP contribution is 2.33. The van der Waals surface area contributed by atoms with E-state index in [-0.39, 0.29) is 5.75 Å². The molecule has 8 heteroatoms. The van der Waals surface area contributed by atoms with E-state index in [1.807, 2.05) is 0 Å². The number of hydrogen-bond acceptors (Lipinski definition) is 4. The summed E-state index contributed by atoms with van der Waals surface area (Å²) in [7, 11) is 0. The summed E-state index contributed by atoms with van der Waals surface area (Å²) in [5.41, 5.74) is 6.67. The third-order valence-electron chi connectivity index (χ3n) is 2.75. The lowest BCUT2D eigenvalue weighted by Crippen LogP contribution is -2.37. The molecule has 23 heavy (non-hydrogen) atoms. The Balaban J connectivity index is 1.87. The molecule has 0 saturated carbocycles. The van der Waals surface area contributed by atoms with Gasteiger partial charge in [-0.05, 0) is 61.7 Å². The van der Waals surface area contributed by atoms with E-state index in [4.69, 9.17) is 11.6 Å². The van der Waals surface area contributed by atoms with Gasteiger partial charge in [0.1, 0.15) is 5.75 Å². The number of aromatic hydroxyl groups is 1. The number of carbonyl (C=O) groups is 1. The molecule has 0 aromatic heterocycles. The van der Waals surface area contributed by atoms with Gasteiger partial charge in [-0.15, -0.1) is 0 Å². The number of nitrogens with zero attached hydrogens (tertiary/aromatic N) is 1. The summed E-state index contributed by atoms with van der Waals surface area (Å²) in [6.45, 7) is 0.378. The van der Waals surface area contributed by atoms with Crippen molar-refractivity contribution in [2.45, 2.75) is 6.54 Å². The van der Waals surface area contributed by atoms with Crippen LogP contribution in [0.15, 0.2) is 50.3 Å². The fraction of sp³-hybridized carbons (Fsp3) is 0.0667. The van der Waals surface area contributed by atoms with Crippen molar-refractivity contribution in [3.63, 3.8) is 0 Å². The summed E-state index contributed by atoms with van der Waals surface area (Å²) in [5.74, 6) is -0.272. The molecule has 3 N–H and O–H groups in total. The predicted molar refractivity (Wildman–Crippen MR) is 98.1 cm³/mol. The van der Waals surface area contributed by atoms with Crippen molar-refractivity contribution >= 4 is 61.3 Å². The van der Waals surface area contributed by atoms with E-state index in [9.17, 15) is 9.90 Å². The van der Waals surface area contributed by atoms with Gasteiger partial charge in [-0.25, -0.2) is 10.4 Å². The van der Waals surface area contributed by atoms with Crippen LogP contribution in [0.4, 0.5) is 5.69 Å². The smallest absolute Gasteiger partial charge is 0.276 e. The number of hydrogen-bond donors (Lipinski definition) is 3. The minimum absolute atomic E-state index is 0.129. The van der Waals surface area contributed by atoms with Gasteiger partial charge < -0.3 is 5.11 Å². The second-order valence-corrected chi connectivity index (χ2v) is 6.58. The highest BCUT2D eigenvalue weighted by atomic mass is 79.9. The zero-order valence-electron chi connectivity index (χ0n) is 11.7. The maximum Gasteiger partial charge on any atom is 0.276 e. The molecule has 2 rings (SSSR count). The molecular formula is C15H12Br2ClN3O2. The van der Waals surface area contributed by atoms with Crippen LogP contribution in [0.2, 0.25) is 5.02 Å². The molecule has 1 amide bonds. The van der Waals surface area contributed by atoms with E-state index in [1.165, 1.54) is 0 Å². The average Bonchev–Trinajstić information content (AvgIpc) is 2.52. The Morgan fingerprint density at radius 2 is 1.91 bits per heavy atom. The largest absolute Gasteiger partial charge is 0.506 e. The van der Waals surface area contributed by atoms with Crippen molar-refractivity contribution in [2.75, 3.05) is 0 Å². The van der Waals surface area contributed by atoms with Crippen molar-refractivity contribution in [1.29, 1.82) is 0 Å². The standard InChI is InChI=1S/C15H12Br2ClN3O2/c16-10-5-9(6-11(17)15(10)23)7-20-21-14(22)8-19-13-4-2-1-3-12(13)18/h1-6,8,20,23H,7H2,(H,21,22). The summed E-state index contributed by atoms with van der Waals surface area (Å²) >= 11 is 12.4. The minimum Gasteiger partial charge on any atom is -0.506 e. The second kappa shape index (κ2) is 8.44. The van der Waals surface area contributed by atoms with Crippen LogP contribution in [0.3, 0.4) is 0 Å². The lowest BCUT2D eigenvalue weighted by Gasteiger charge is -2.08. The van der Waals surface area contributed by atoms with Crippen molar-refractivity contribution in [1.82, 2.24) is 10.9 Å². The van der Waals surface area contributed by atoms with Gasteiger partial charge in [0, 0.05) is 6.54 Å². The zero-order valence-corrected chi connectivity index (χ0v) is 15.6. The highest BCUT2D eigenvalue weighted by molar-refractivity contribution is 9.11. The van der Waals surface area contributed by atoms with Gasteiger partial charge in [-0.1, -0.05) is 23.7 Å². The molecule has 0 atom stereocenters. The van der Waals surface area contributed by atoms with Crippen LogP contribution in [-0.4, -0.2) is 17.2 Å². The van der Waals surface area contributed by atoms with Gasteiger partial charge in [-0.3, -0.25) is 10.2 Å². The number of rotatable bonds is 5. The quantitative estimate of drug-likeness (QED) is 0.464. The van der Waals surface area contributed by atoms with Gasteiger partial charge in [0.2, 0.25) is 0 Å². The first-order valence-corrected chi connectivity index (χ1v) is 8.42. The van der Waals surface area contributed by atoms with Crippen LogP contribution in [0, 0.1) is 0 Å². The first kappa shape index (κ1) is 17.9. The predicted octanol–water partition coefficient (Wildman–Crippen LogP) is 4.09. The Morgan fingerprint density at radius 3 is 2.57 bits per heavy atom. The molecule has 2 aromatic carbocycles.